The van der Waals surface area contributed by atoms with Crippen molar-refractivity contribution in [1.82, 2.24) is 0 Å². The SMILES string of the molecule is C#CCCCCCCSC(=O)C(F)(F)F. The number of halogens is 3. The van der Waals surface area contributed by atoms with Gasteiger partial charge in [-0.1, -0.05) is 24.6 Å². The molecule has 0 aliphatic heterocycles. The standard InChI is InChI=1S/C10H13F3OS/c1-2-3-4-5-6-7-8-15-9(14)10(11,12)13/h1H,3-8H2. The third-order valence-corrected chi connectivity index (χ3v) is 2.67. The van der Waals surface area contributed by atoms with Gasteiger partial charge in [0.15, 0.2) is 0 Å². The molecule has 0 N–H and O–H groups in total. The Balaban J connectivity index is 3.33. The lowest BCUT2D eigenvalue weighted by Gasteiger charge is -2.03. The fourth-order valence-corrected chi connectivity index (χ4v) is 1.63. The molecule has 0 aromatic rings. The van der Waals surface area contributed by atoms with Gasteiger partial charge < -0.3 is 0 Å². The second-order valence-corrected chi connectivity index (χ2v) is 4.07. The number of hydrogen-bond donors (Lipinski definition) is 0. The van der Waals surface area contributed by atoms with Crippen molar-refractivity contribution in [2.45, 2.75) is 38.3 Å². The van der Waals surface area contributed by atoms with Crippen molar-refractivity contribution in [2.75, 3.05) is 5.75 Å². The topological polar surface area (TPSA) is 17.1 Å². The van der Waals surface area contributed by atoms with Crippen LogP contribution in [0, 0.1) is 12.3 Å². The number of carbonyl (C=O) groups is 1. The Morgan fingerprint density at radius 3 is 2.33 bits per heavy atom. The zero-order valence-electron chi connectivity index (χ0n) is 8.27. The Kier molecular flexibility index (Phi) is 7.31. The Bertz CT molecular complexity index is 230. The first kappa shape index (κ1) is 14.4. The normalized spacial score (nSPS) is 11.1. The number of rotatable bonds is 6. The molecule has 5 heteroatoms. The van der Waals surface area contributed by atoms with Gasteiger partial charge in [-0.25, -0.2) is 0 Å². The van der Waals surface area contributed by atoms with Gasteiger partial charge in [0.2, 0.25) is 0 Å². The van der Waals surface area contributed by atoms with Gasteiger partial charge in [0, 0.05) is 12.2 Å². The van der Waals surface area contributed by atoms with Crippen LogP contribution in [-0.4, -0.2) is 17.0 Å². The van der Waals surface area contributed by atoms with Crippen molar-refractivity contribution in [2.24, 2.45) is 0 Å². The maximum Gasteiger partial charge on any atom is 0.460 e. The first-order valence-corrected chi connectivity index (χ1v) is 5.64. The summed E-state index contributed by atoms with van der Waals surface area (Å²) in [5.74, 6) is 2.72. The van der Waals surface area contributed by atoms with Crippen molar-refractivity contribution >= 4 is 16.9 Å². The Morgan fingerprint density at radius 1 is 1.20 bits per heavy atom. The van der Waals surface area contributed by atoms with E-state index in [-0.39, 0.29) is 5.75 Å². The fourth-order valence-electron chi connectivity index (χ4n) is 0.929. The average Bonchev–Trinajstić information content (AvgIpc) is 2.14. The van der Waals surface area contributed by atoms with Crippen molar-refractivity contribution in [1.29, 1.82) is 0 Å². The minimum absolute atomic E-state index is 0.231. The lowest BCUT2D eigenvalue weighted by Crippen LogP contribution is -2.19. The second kappa shape index (κ2) is 7.63. The van der Waals surface area contributed by atoms with Gasteiger partial charge in [-0.05, 0) is 12.8 Å². The molecule has 0 spiro atoms. The first-order chi connectivity index (χ1) is 6.98. The lowest BCUT2D eigenvalue weighted by atomic mass is 10.2. The first-order valence-electron chi connectivity index (χ1n) is 4.66. The van der Waals surface area contributed by atoms with Crippen LogP contribution in [0.15, 0.2) is 0 Å². The molecule has 15 heavy (non-hydrogen) atoms. The number of thioether (sulfide) groups is 1. The lowest BCUT2D eigenvalue weighted by molar-refractivity contribution is -0.160. The highest BCUT2D eigenvalue weighted by Gasteiger charge is 2.38. The third kappa shape index (κ3) is 8.37. The second-order valence-electron chi connectivity index (χ2n) is 3.00. The van der Waals surface area contributed by atoms with E-state index >= 15 is 0 Å². The zero-order chi connectivity index (χ0) is 11.7. The van der Waals surface area contributed by atoms with Crippen LogP contribution >= 0.6 is 11.8 Å². The molecule has 0 saturated carbocycles. The summed E-state index contributed by atoms with van der Waals surface area (Å²) in [5.41, 5.74) is 0. The van der Waals surface area contributed by atoms with Crippen LogP contribution in [0.3, 0.4) is 0 Å². The maximum atomic E-state index is 11.7. The number of alkyl halides is 3. The third-order valence-electron chi connectivity index (χ3n) is 1.68. The van der Waals surface area contributed by atoms with Gasteiger partial charge in [-0.2, -0.15) is 13.2 Å². The molecule has 0 heterocycles. The molecule has 0 amide bonds. The van der Waals surface area contributed by atoms with Crippen LogP contribution < -0.4 is 0 Å². The Labute approximate surface area is 91.8 Å². The molecular formula is C10H13F3OS. The zero-order valence-corrected chi connectivity index (χ0v) is 9.09. The van der Waals surface area contributed by atoms with Gasteiger partial charge >= 0.3 is 6.18 Å². The molecule has 86 valence electrons. The van der Waals surface area contributed by atoms with Crippen LogP contribution in [0.1, 0.15) is 32.1 Å². The van der Waals surface area contributed by atoms with E-state index in [0.29, 0.717) is 24.6 Å². The van der Waals surface area contributed by atoms with E-state index in [1.54, 1.807) is 0 Å². The predicted molar refractivity (Wildman–Crippen MR) is 55.4 cm³/mol. The van der Waals surface area contributed by atoms with E-state index in [2.05, 4.69) is 5.92 Å². The van der Waals surface area contributed by atoms with Crippen molar-refractivity contribution in [3.8, 4) is 12.3 Å². The Morgan fingerprint density at radius 2 is 1.80 bits per heavy atom. The Hall–Kier alpha value is -0.630. The largest absolute Gasteiger partial charge is 0.460 e. The summed E-state index contributed by atoms with van der Waals surface area (Å²) in [7, 11) is 0. The molecule has 0 aliphatic carbocycles. The van der Waals surface area contributed by atoms with Gasteiger partial charge in [0.1, 0.15) is 0 Å². The van der Waals surface area contributed by atoms with Crippen molar-refractivity contribution in [3.63, 3.8) is 0 Å². The van der Waals surface area contributed by atoms with E-state index in [0.717, 1.165) is 19.3 Å². The van der Waals surface area contributed by atoms with Crippen molar-refractivity contribution < 1.29 is 18.0 Å². The molecule has 0 bridgehead atoms. The summed E-state index contributed by atoms with van der Waals surface area (Å²) in [6.07, 6.45) is 4.28. The monoisotopic (exact) mass is 238 g/mol. The molecule has 0 aromatic heterocycles. The minimum Gasteiger partial charge on any atom is -0.277 e. The molecule has 0 atom stereocenters. The number of carbonyl (C=O) groups excluding carboxylic acids is 1. The van der Waals surface area contributed by atoms with Crippen LogP contribution in [0.25, 0.3) is 0 Å². The molecular weight excluding hydrogens is 225 g/mol. The summed E-state index contributed by atoms with van der Waals surface area (Å²) >= 11 is 0.343. The van der Waals surface area contributed by atoms with Gasteiger partial charge in [0.25, 0.3) is 5.12 Å². The minimum atomic E-state index is -4.70. The summed E-state index contributed by atoms with van der Waals surface area (Å²) in [5, 5.41) is -1.70. The quantitative estimate of drug-likeness (QED) is 0.521. The molecule has 0 aromatic carbocycles. The van der Waals surface area contributed by atoms with Gasteiger partial charge in [-0.3, -0.25) is 4.79 Å². The molecule has 0 aliphatic rings. The summed E-state index contributed by atoms with van der Waals surface area (Å²) < 4.78 is 35.2. The summed E-state index contributed by atoms with van der Waals surface area (Å²) in [4.78, 5) is 10.4. The fraction of sp³-hybridized carbons (Fsp3) is 0.700. The van der Waals surface area contributed by atoms with Crippen LogP contribution in [-0.2, 0) is 4.79 Å². The molecule has 0 fully saturated rings. The maximum absolute atomic E-state index is 11.7. The number of terminal acetylenes is 1. The molecule has 0 rings (SSSR count). The molecule has 0 radical (unpaired) electrons. The van der Waals surface area contributed by atoms with Crippen LogP contribution in [0.2, 0.25) is 0 Å². The van der Waals surface area contributed by atoms with Crippen molar-refractivity contribution in [3.05, 3.63) is 0 Å². The summed E-state index contributed by atoms with van der Waals surface area (Å²) in [6.45, 7) is 0. The van der Waals surface area contributed by atoms with E-state index in [1.165, 1.54) is 0 Å². The highest BCUT2D eigenvalue weighted by Crippen LogP contribution is 2.24. The van der Waals surface area contributed by atoms with Gasteiger partial charge in [0.05, 0.1) is 0 Å². The van der Waals surface area contributed by atoms with Crippen LogP contribution in [0.5, 0.6) is 0 Å². The van der Waals surface area contributed by atoms with E-state index in [9.17, 15) is 18.0 Å². The molecule has 1 nitrogen and oxygen atoms in total. The van der Waals surface area contributed by atoms with E-state index < -0.39 is 11.3 Å². The molecule has 0 saturated heterocycles. The van der Waals surface area contributed by atoms with E-state index in [1.807, 2.05) is 0 Å². The predicted octanol–water partition coefficient (Wildman–Crippen LogP) is 3.39. The highest BCUT2D eigenvalue weighted by atomic mass is 32.2. The smallest absolute Gasteiger partial charge is 0.277 e. The van der Waals surface area contributed by atoms with Gasteiger partial charge in [-0.15, -0.1) is 12.3 Å². The average molecular weight is 238 g/mol. The highest BCUT2D eigenvalue weighted by molar-refractivity contribution is 8.13. The van der Waals surface area contributed by atoms with Crippen LogP contribution in [0.4, 0.5) is 13.2 Å². The number of unbranched alkanes of at least 4 members (excludes halogenated alkanes) is 4. The van der Waals surface area contributed by atoms with E-state index in [4.69, 9.17) is 6.42 Å². The summed E-state index contributed by atoms with van der Waals surface area (Å²) in [6, 6.07) is 0. The number of hydrogen-bond acceptors (Lipinski definition) is 2. The molecule has 0 unspecified atom stereocenters.